The van der Waals surface area contributed by atoms with Crippen molar-refractivity contribution in [3.63, 3.8) is 0 Å². The molecule has 0 bridgehead atoms. The van der Waals surface area contributed by atoms with Crippen LogP contribution in [0.1, 0.15) is 27.2 Å². The van der Waals surface area contributed by atoms with E-state index < -0.39 is 18.9 Å². The van der Waals surface area contributed by atoms with E-state index in [9.17, 15) is 17.6 Å². The van der Waals surface area contributed by atoms with Crippen molar-refractivity contribution in [2.24, 2.45) is 5.41 Å². The van der Waals surface area contributed by atoms with Gasteiger partial charge in [0.1, 0.15) is 0 Å². The maximum atomic E-state index is 12.4. The van der Waals surface area contributed by atoms with Crippen molar-refractivity contribution in [3.05, 3.63) is 0 Å². The smallest absolute Gasteiger partial charge is 0.311 e. The second kappa shape index (κ2) is 4.96. The maximum Gasteiger partial charge on any atom is 0.319 e. The fourth-order valence-corrected chi connectivity index (χ4v) is 0.796. The first-order valence-corrected chi connectivity index (χ1v) is 4.52. The standard InChI is InChI=1S/C9H17F4N/c1-8(2,3)4-5-14-6-9(12,13)7(10)11/h7,14H,4-6H2,1-3H3. The van der Waals surface area contributed by atoms with E-state index in [1.807, 2.05) is 20.8 Å². The van der Waals surface area contributed by atoms with Crippen molar-refractivity contribution < 1.29 is 17.6 Å². The van der Waals surface area contributed by atoms with Crippen LogP contribution in [0.4, 0.5) is 17.6 Å². The Bertz CT molecular complexity index is 163. The molecule has 0 aromatic carbocycles. The van der Waals surface area contributed by atoms with Crippen molar-refractivity contribution in [2.45, 2.75) is 39.5 Å². The Morgan fingerprint density at radius 2 is 1.64 bits per heavy atom. The molecular formula is C9H17F4N. The predicted molar refractivity (Wildman–Crippen MR) is 47.9 cm³/mol. The molecule has 0 radical (unpaired) electrons. The normalized spacial score (nSPS) is 13.7. The van der Waals surface area contributed by atoms with Gasteiger partial charge in [-0.3, -0.25) is 0 Å². The van der Waals surface area contributed by atoms with E-state index in [1.54, 1.807) is 0 Å². The lowest BCUT2D eigenvalue weighted by molar-refractivity contribution is -0.125. The van der Waals surface area contributed by atoms with E-state index in [0.717, 1.165) is 0 Å². The van der Waals surface area contributed by atoms with E-state index in [4.69, 9.17) is 0 Å². The lowest BCUT2D eigenvalue weighted by Crippen LogP contribution is -2.39. The SMILES string of the molecule is CC(C)(C)CCNCC(F)(F)C(F)F. The van der Waals surface area contributed by atoms with Crippen molar-refractivity contribution >= 4 is 0 Å². The fourth-order valence-electron chi connectivity index (χ4n) is 0.796. The molecule has 0 aromatic rings. The lowest BCUT2D eigenvalue weighted by atomic mass is 9.92. The highest BCUT2D eigenvalue weighted by atomic mass is 19.3. The highest BCUT2D eigenvalue weighted by Crippen LogP contribution is 2.22. The van der Waals surface area contributed by atoms with E-state index in [2.05, 4.69) is 5.32 Å². The number of alkyl halides is 4. The van der Waals surface area contributed by atoms with Crippen LogP contribution in [0.3, 0.4) is 0 Å². The molecule has 0 atom stereocenters. The Morgan fingerprint density at radius 3 is 2.00 bits per heavy atom. The molecule has 0 aliphatic carbocycles. The summed E-state index contributed by atoms with van der Waals surface area (Å²) < 4.78 is 48.1. The van der Waals surface area contributed by atoms with Gasteiger partial charge in [-0.05, 0) is 18.4 Å². The highest BCUT2D eigenvalue weighted by molar-refractivity contribution is 4.73. The number of nitrogens with one attached hydrogen (secondary N) is 1. The van der Waals surface area contributed by atoms with Crippen LogP contribution < -0.4 is 5.32 Å². The number of halogens is 4. The molecule has 1 nitrogen and oxygen atoms in total. The van der Waals surface area contributed by atoms with Gasteiger partial charge in [-0.1, -0.05) is 20.8 Å². The lowest BCUT2D eigenvalue weighted by Gasteiger charge is -2.20. The minimum absolute atomic E-state index is 0.0209. The Labute approximate surface area is 81.9 Å². The molecule has 5 heteroatoms. The molecule has 0 amide bonds. The molecule has 0 saturated carbocycles. The zero-order valence-corrected chi connectivity index (χ0v) is 8.71. The molecule has 86 valence electrons. The van der Waals surface area contributed by atoms with Gasteiger partial charge in [0.2, 0.25) is 0 Å². The summed E-state index contributed by atoms with van der Waals surface area (Å²) in [6, 6.07) is 0. The molecule has 0 fully saturated rings. The van der Waals surface area contributed by atoms with Gasteiger partial charge < -0.3 is 5.32 Å². The van der Waals surface area contributed by atoms with Gasteiger partial charge >= 0.3 is 12.3 Å². The molecule has 0 spiro atoms. The molecule has 0 saturated heterocycles. The summed E-state index contributed by atoms with van der Waals surface area (Å²) in [6.45, 7) is 5.24. The van der Waals surface area contributed by atoms with Gasteiger partial charge in [0.25, 0.3) is 0 Å². The highest BCUT2D eigenvalue weighted by Gasteiger charge is 2.39. The number of rotatable bonds is 5. The minimum atomic E-state index is -3.92. The topological polar surface area (TPSA) is 12.0 Å². The Balaban J connectivity index is 3.65. The third-order valence-corrected chi connectivity index (χ3v) is 1.73. The minimum Gasteiger partial charge on any atom is -0.311 e. The van der Waals surface area contributed by atoms with Gasteiger partial charge in [-0.25, -0.2) is 8.78 Å². The summed E-state index contributed by atoms with van der Waals surface area (Å²) in [6.07, 6.45) is -2.92. The van der Waals surface area contributed by atoms with Crippen molar-refractivity contribution in [3.8, 4) is 0 Å². The van der Waals surface area contributed by atoms with Crippen LogP contribution in [0.5, 0.6) is 0 Å². The second-order valence-electron chi connectivity index (χ2n) is 4.55. The van der Waals surface area contributed by atoms with Gasteiger partial charge in [0, 0.05) is 0 Å². The summed E-state index contributed by atoms with van der Waals surface area (Å²) in [7, 11) is 0. The fraction of sp³-hybridized carbons (Fsp3) is 1.00. The zero-order valence-electron chi connectivity index (χ0n) is 8.71. The molecular weight excluding hydrogens is 198 g/mol. The largest absolute Gasteiger partial charge is 0.319 e. The molecule has 1 N–H and O–H groups in total. The quantitative estimate of drug-likeness (QED) is 0.549. The molecule has 0 aliphatic heterocycles. The molecule has 0 aliphatic rings. The van der Waals surface area contributed by atoms with Crippen molar-refractivity contribution in [2.75, 3.05) is 13.1 Å². The second-order valence-corrected chi connectivity index (χ2v) is 4.55. The van der Waals surface area contributed by atoms with Crippen LogP contribution in [0.2, 0.25) is 0 Å². The average molecular weight is 215 g/mol. The van der Waals surface area contributed by atoms with Crippen LogP contribution in [0.25, 0.3) is 0 Å². The van der Waals surface area contributed by atoms with E-state index in [-0.39, 0.29) is 5.41 Å². The van der Waals surface area contributed by atoms with Crippen LogP contribution in [0.15, 0.2) is 0 Å². The average Bonchev–Trinajstić information content (AvgIpc) is 1.96. The summed E-state index contributed by atoms with van der Waals surface area (Å²) in [5.74, 6) is -3.92. The monoisotopic (exact) mass is 215 g/mol. The zero-order chi connectivity index (χ0) is 11.4. The summed E-state index contributed by atoms with van der Waals surface area (Å²) >= 11 is 0. The Hall–Kier alpha value is -0.320. The maximum absolute atomic E-state index is 12.4. The van der Waals surface area contributed by atoms with E-state index in [0.29, 0.717) is 13.0 Å². The third-order valence-electron chi connectivity index (χ3n) is 1.73. The summed E-state index contributed by atoms with van der Waals surface area (Å²) in [5.41, 5.74) is 0.0209. The number of hydrogen-bond acceptors (Lipinski definition) is 1. The molecule has 0 unspecified atom stereocenters. The molecule has 14 heavy (non-hydrogen) atoms. The third kappa shape index (κ3) is 6.18. The van der Waals surface area contributed by atoms with Crippen LogP contribution in [-0.2, 0) is 0 Å². The van der Waals surface area contributed by atoms with Crippen molar-refractivity contribution in [1.82, 2.24) is 5.32 Å². The summed E-state index contributed by atoms with van der Waals surface area (Å²) in [4.78, 5) is 0. The summed E-state index contributed by atoms with van der Waals surface area (Å²) in [5, 5.41) is 2.33. The Morgan fingerprint density at radius 1 is 1.14 bits per heavy atom. The Kier molecular flexibility index (Phi) is 4.84. The van der Waals surface area contributed by atoms with Gasteiger partial charge in [0.05, 0.1) is 6.54 Å². The van der Waals surface area contributed by atoms with E-state index >= 15 is 0 Å². The predicted octanol–water partition coefficient (Wildman–Crippen LogP) is 2.91. The van der Waals surface area contributed by atoms with Gasteiger partial charge in [-0.15, -0.1) is 0 Å². The van der Waals surface area contributed by atoms with Gasteiger partial charge in [0.15, 0.2) is 0 Å². The molecule has 0 rings (SSSR count). The molecule has 0 aromatic heterocycles. The number of hydrogen-bond donors (Lipinski definition) is 1. The molecule has 0 heterocycles. The first-order chi connectivity index (χ1) is 6.15. The van der Waals surface area contributed by atoms with E-state index in [1.165, 1.54) is 0 Å². The first-order valence-electron chi connectivity index (χ1n) is 4.52. The van der Waals surface area contributed by atoms with Gasteiger partial charge in [-0.2, -0.15) is 8.78 Å². The van der Waals surface area contributed by atoms with Crippen LogP contribution in [-0.4, -0.2) is 25.4 Å². The first kappa shape index (κ1) is 13.7. The van der Waals surface area contributed by atoms with Crippen LogP contribution >= 0.6 is 0 Å². The van der Waals surface area contributed by atoms with Crippen LogP contribution in [0, 0.1) is 5.41 Å². The van der Waals surface area contributed by atoms with Crippen molar-refractivity contribution in [1.29, 1.82) is 0 Å².